The Hall–Kier alpha value is -2.47. The summed E-state index contributed by atoms with van der Waals surface area (Å²) in [6.07, 6.45) is 1.09. The molecular formula is C18H19N3O3. The Balaban J connectivity index is 1.59. The van der Waals surface area contributed by atoms with Crippen molar-refractivity contribution >= 4 is 5.69 Å². The molecule has 2 aliphatic rings. The molecule has 2 bridgehead atoms. The molecule has 0 amide bonds. The minimum Gasteiger partial charge on any atom is -0.312 e. The van der Waals surface area contributed by atoms with Gasteiger partial charge in [0.2, 0.25) is 0 Å². The number of nitro benzene ring substituents is 1. The number of hydrogen-bond donors (Lipinski definition) is 0. The SMILES string of the molecule is O=c1cccc2n1C[C@H]1C[C@@H]2CN(Cc2ccccc2[N+](=O)[O-])C1. The van der Waals surface area contributed by atoms with Gasteiger partial charge in [-0.2, -0.15) is 0 Å². The van der Waals surface area contributed by atoms with Crippen molar-refractivity contribution in [2.24, 2.45) is 5.92 Å². The highest BCUT2D eigenvalue weighted by Gasteiger charge is 2.34. The zero-order valence-corrected chi connectivity index (χ0v) is 13.3. The number of likely N-dealkylation sites (tertiary alicyclic amines) is 1. The van der Waals surface area contributed by atoms with Crippen LogP contribution in [-0.4, -0.2) is 27.5 Å². The van der Waals surface area contributed by atoms with Gasteiger partial charge in [-0.1, -0.05) is 24.3 Å². The van der Waals surface area contributed by atoms with Crippen molar-refractivity contribution < 1.29 is 4.92 Å². The summed E-state index contributed by atoms with van der Waals surface area (Å²) in [6, 6.07) is 12.4. The first kappa shape index (κ1) is 15.1. The lowest BCUT2D eigenvalue weighted by atomic mass is 9.83. The van der Waals surface area contributed by atoms with Gasteiger partial charge in [0.15, 0.2) is 0 Å². The minimum atomic E-state index is -0.311. The fourth-order valence-corrected chi connectivity index (χ4v) is 4.19. The van der Waals surface area contributed by atoms with Gasteiger partial charge in [0.05, 0.1) is 4.92 Å². The van der Waals surface area contributed by atoms with Gasteiger partial charge in [-0.15, -0.1) is 0 Å². The lowest BCUT2D eigenvalue weighted by molar-refractivity contribution is -0.385. The molecule has 124 valence electrons. The molecule has 6 heteroatoms. The average Bonchev–Trinajstić information content (AvgIpc) is 2.56. The van der Waals surface area contributed by atoms with Crippen molar-refractivity contribution in [3.8, 4) is 0 Å². The quantitative estimate of drug-likeness (QED) is 0.642. The van der Waals surface area contributed by atoms with E-state index in [4.69, 9.17) is 0 Å². The number of nitrogens with zero attached hydrogens (tertiary/aromatic N) is 3. The largest absolute Gasteiger partial charge is 0.312 e. The molecule has 0 aliphatic carbocycles. The first-order chi connectivity index (χ1) is 11.6. The van der Waals surface area contributed by atoms with Gasteiger partial charge in [0.1, 0.15) is 0 Å². The van der Waals surface area contributed by atoms with Crippen LogP contribution in [0.5, 0.6) is 0 Å². The highest BCUT2D eigenvalue weighted by atomic mass is 16.6. The number of piperidine rings is 1. The van der Waals surface area contributed by atoms with Crippen molar-refractivity contribution in [3.63, 3.8) is 0 Å². The first-order valence-corrected chi connectivity index (χ1v) is 8.26. The second-order valence-electron chi connectivity index (χ2n) is 6.78. The molecule has 1 aromatic carbocycles. The number of nitro groups is 1. The second-order valence-corrected chi connectivity index (χ2v) is 6.78. The van der Waals surface area contributed by atoms with E-state index in [1.54, 1.807) is 18.2 Å². The highest BCUT2D eigenvalue weighted by molar-refractivity contribution is 5.39. The third-order valence-corrected chi connectivity index (χ3v) is 5.14. The molecule has 0 radical (unpaired) electrons. The molecule has 2 atom stereocenters. The predicted molar refractivity (Wildman–Crippen MR) is 89.9 cm³/mol. The Morgan fingerprint density at radius 3 is 2.75 bits per heavy atom. The molecule has 1 saturated heterocycles. The van der Waals surface area contributed by atoms with Crippen molar-refractivity contribution in [1.29, 1.82) is 0 Å². The van der Waals surface area contributed by atoms with Crippen LogP contribution in [0.15, 0.2) is 47.3 Å². The fraction of sp³-hybridized carbons (Fsp3) is 0.389. The summed E-state index contributed by atoms with van der Waals surface area (Å²) in [5.74, 6) is 0.758. The van der Waals surface area contributed by atoms with Crippen LogP contribution in [-0.2, 0) is 13.1 Å². The van der Waals surface area contributed by atoms with E-state index < -0.39 is 0 Å². The van der Waals surface area contributed by atoms with E-state index in [1.807, 2.05) is 28.8 Å². The van der Waals surface area contributed by atoms with Crippen LogP contribution in [0.2, 0.25) is 0 Å². The Labute approximate surface area is 139 Å². The smallest absolute Gasteiger partial charge is 0.273 e. The molecule has 24 heavy (non-hydrogen) atoms. The van der Waals surface area contributed by atoms with Crippen LogP contribution in [0.1, 0.15) is 23.6 Å². The molecule has 3 heterocycles. The van der Waals surface area contributed by atoms with E-state index in [0.29, 0.717) is 18.4 Å². The first-order valence-electron chi connectivity index (χ1n) is 8.26. The summed E-state index contributed by atoms with van der Waals surface area (Å²) in [5.41, 5.74) is 2.12. The van der Waals surface area contributed by atoms with Crippen LogP contribution in [0, 0.1) is 16.0 Å². The molecule has 4 rings (SSSR count). The van der Waals surface area contributed by atoms with Crippen LogP contribution in [0.3, 0.4) is 0 Å². The summed E-state index contributed by atoms with van der Waals surface area (Å²) >= 11 is 0. The van der Waals surface area contributed by atoms with Gasteiger partial charge in [0.25, 0.3) is 11.2 Å². The molecule has 0 unspecified atom stereocenters. The number of fused-ring (bicyclic) bond motifs is 4. The Morgan fingerprint density at radius 1 is 1.08 bits per heavy atom. The second kappa shape index (κ2) is 5.87. The minimum absolute atomic E-state index is 0.0781. The normalized spacial score (nSPS) is 22.8. The third-order valence-electron chi connectivity index (χ3n) is 5.14. The van der Waals surface area contributed by atoms with Crippen LogP contribution in [0.25, 0.3) is 0 Å². The maximum absolute atomic E-state index is 12.1. The van der Waals surface area contributed by atoms with Crippen molar-refractivity contribution in [2.45, 2.75) is 25.4 Å². The molecule has 1 fully saturated rings. The van der Waals surface area contributed by atoms with E-state index in [1.165, 1.54) is 0 Å². The van der Waals surface area contributed by atoms with E-state index in [2.05, 4.69) is 4.90 Å². The molecule has 2 aliphatic heterocycles. The van der Waals surface area contributed by atoms with E-state index >= 15 is 0 Å². The van der Waals surface area contributed by atoms with Gasteiger partial charge < -0.3 is 4.57 Å². The maximum Gasteiger partial charge on any atom is 0.273 e. The standard InChI is InChI=1S/C18H19N3O3/c22-18-7-3-6-16-15-8-13(10-20(16)18)9-19(12-15)11-14-4-1-2-5-17(14)21(23)24/h1-7,13,15H,8-12H2/t13-,15+/m0/s1. The molecule has 2 aromatic rings. The van der Waals surface area contributed by atoms with Gasteiger partial charge in [-0.3, -0.25) is 19.8 Å². The number of pyridine rings is 1. The molecule has 0 spiro atoms. The van der Waals surface area contributed by atoms with E-state index in [-0.39, 0.29) is 16.2 Å². The number of aromatic nitrogens is 1. The monoisotopic (exact) mass is 325 g/mol. The van der Waals surface area contributed by atoms with Gasteiger partial charge >= 0.3 is 0 Å². The summed E-state index contributed by atoms with van der Waals surface area (Å²) in [6.45, 7) is 3.05. The summed E-state index contributed by atoms with van der Waals surface area (Å²) in [5, 5.41) is 11.2. The molecule has 0 N–H and O–H groups in total. The molecule has 1 aromatic heterocycles. The van der Waals surface area contributed by atoms with Gasteiger partial charge in [-0.05, 0) is 18.4 Å². The van der Waals surface area contributed by atoms with E-state index in [0.717, 1.165) is 37.3 Å². The molecule has 0 saturated carbocycles. The highest BCUT2D eigenvalue weighted by Crippen LogP contribution is 2.36. The lowest BCUT2D eigenvalue weighted by Gasteiger charge is -2.42. The number of para-hydroxylation sites is 1. The summed E-state index contributed by atoms with van der Waals surface area (Å²) in [4.78, 5) is 25.3. The zero-order valence-electron chi connectivity index (χ0n) is 13.3. The number of rotatable bonds is 3. The fourth-order valence-electron chi connectivity index (χ4n) is 4.19. The number of benzene rings is 1. The topological polar surface area (TPSA) is 68.4 Å². The van der Waals surface area contributed by atoms with Crippen LogP contribution < -0.4 is 5.56 Å². The maximum atomic E-state index is 12.1. The number of hydrogen-bond acceptors (Lipinski definition) is 4. The Bertz CT molecular complexity index is 845. The van der Waals surface area contributed by atoms with Gasteiger partial charge in [0, 0.05) is 55.5 Å². The third kappa shape index (κ3) is 2.63. The molecular weight excluding hydrogens is 306 g/mol. The average molecular weight is 325 g/mol. The van der Waals surface area contributed by atoms with E-state index in [9.17, 15) is 14.9 Å². The predicted octanol–water partition coefficient (Wildman–Crippen LogP) is 2.38. The van der Waals surface area contributed by atoms with Crippen molar-refractivity contribution in [3.05, 3.63) is 74.2 Å². The summed E-state index contributed by atoms with van der Waals surface area (Å²) in [7, 11) is 0. The van der Waals surface area contributed by atoms with Crippen molar-refractivity contribution in [1.82, 2.24) is 9.47 Å². The van der Waals surface area contributed by atoms with Gasteiger partial charge in [-0.25, -0.2) is 0 Å². The lowest BCUT2D eigenvalue weighted by Crippen LogP contribution is -2.46. The molecule has 6 nitrogen and oxygen atoms in total. The Kier molecular flexibility index (Phi) is 3.69. The van der Waals surface area contributed by atoms with Crippen molar-refractivity contribution in [2.75, 3.05) is 13.1 Å². The van der Waals surface area contributed by atoms with Crippen LogP contribution >= 0.6 is 0 Å². The summed E-state index contributed by atoms with van der Waals surface area (Å²) < 4.78 is 1.90. The van der Waals surface area contributed by atoms with Crippen LogP contribution in [0.4, 0.5) is 5.69 Å². The Morgan fingerprint density at radius 2 is 1.92 bits per heavy atom. The zero-order chi connectivity index (χ0) is 16.7.